The second-order valence-corrected chi connectivity index (χ2v) is 5.22. The van der Waals surface area contributed by atoms with Crippen LogP contribution in [0, 0.1) is 23.5 Å². The van der Waals surface area contributed by atoms with Crippen molar-refractivity contribution in [3.05, 3.63) is 64.7 Å². The molecule has 3 heteroatoms. The van der Waals surface area contributed by atoms with Crippen molar-refractivity contribution < 1.29 is 13.5 Å². The molecule has 0 aliphatic heterocycles. The normalized spacial score (nSPS) is 10.1. The highest BCUT2D eigenvalue weighted by atomic mass is 19.2. The molecule has 0 aromatic heterocycles. The first-order chi connectivity index (χ1) is 11.2. The van der Waals surface area contributed by atoms with E-state index in [1.807, 2.05) is 24.3 Å². The molecule has 1 nitrogen and oxygen atoms in total. The lowest BCUT2D eigenvalue weighted by molar-refractivity contribution is 0.314. The van der Waals surface area contributed by atoms with Gasteiger partial charge in [-0.15, -0.1) is 0 Å². The SMILES string of the molecule is CCCCc1ccc(C#Cc2ccc(OCC)c(F)c2F)cc1. The zero-order chi connectivity index (χ0) is 16.7. The molecule has 0 unspecified atom stereocenters. The van der Waals surface area contributed by atoms with Gasteiger partial charge >= 0.3 is 0 Å². The van der Waals surface area contributed by atoms with Crippen molar-refractivity contribution in [1.29, 1.82) is 0 Å². The third-order valence-corrected chi connectivity index (χ3v) is 3.46. The van der Waals surface area contributed by atoms with E-state index in [4.69, 9.17) is 4.74 Å². The first-order valence-corrected chi connectivity index (χ1v) is 7.87. The summed E-state index contributed by atoms with van der Waals surface area (Å²) in [6.45, 7) is 4.16. The Labute approximate surface area is 136 Å². The number of benzene rings is 2. The average Bonchev–Trinajstić information content (AvgIpc) is 2.57. The van der Waals surface area contributed by atoms with E-state index in [1.54, 1.807) is 6.92 Å². The molecule has 0 saturated carbocycles. The third kappa shape index (κ3) is 4.56. The van der Waals surface area contributed by atoms with Crippen LogP contribution in [0.15, 0.2) is 36.4 Å². The molecule has 0 aliphatic carbocycles. The van der Waals surface area contributed by atoms with E-state index in [2.05, 4.69) is 18.8 Å². The molecule has 0 fully saturated rings. The predicted molar refractivity (Wildman–Crippen MR) is 88.6 cm³/mol. The van der Waals surface area contributed by atoms with Gasteiger partial charge in [-0.05, 0) is 49.6 Å². The molecule has 23 heavy (non-hydrogen) atoms. The Bertz CT molecular complexity index is 709. The molecule has 0 N–H and O–H groups in total. The van der Waals surface area contributed by atoms with Crippen LogP contribution in [0.4, 0.5) is 8.78 Å². The minimum Gasteiger partial charge on any atom is -0.491 e. The standard InChI is InChI=1S/C20H20F2O/c1-3-5-6-15-7-9-16(10-8-15)11-12-17-13-14-18(23-4-2)20(22)19(17)21/h7-10,13-14H,3-6H2,1-2H3. The van der Waals surface area contributed by atoms with Gasteiger partial charge in [-0.2, -0.15) is 4.39 Å². The number of rotatable bonds is 5. The lowest BCUT2D eigenvalue weighted by Gasteiger charge is -2.05. The molecular weight excluding hydrogens is 294 g/mol. The molecule has 0 radical (unpaired) electrons. The number of halogens is 2. The number of unbranched alkanes of at least 4 members (excludes halogenated alkanes) is 1. The van der Waals surface area contributed by atoms with Gasteiger partial charge in [0.1, 0.15) is 0 Å². The zero-order valence-electron chi connectivity index (χ0n) is 13.5. The molecule has 0 atom stereocenters. The molecule has 120 valence electrons. The molecule has 0 amide bonds. The molecule has 0 saturated heterocycles. The van der Waals surface area contributed by atoms with Gasteiger partial charge in [0.2, 0.25) is 5.82 Å². The summed E-state index contributed by atoms with van der Waals surface area (Å²) in [6.07, 6.45) is 3.36. The molecule has 2 aromatic rings. The van der Waals surface area contributed by atoms with Crippen LogP contribution in [0.1, 0.15) is 43.4 Å². The van der Waals surface area contributed by atoms with Gasteiger partial charge in [0.25, 0.3) is 0 Å². The molecule has 2 aromatic carbocycles. The summed E-state index contributed by atoms with van der Waals surface area (Å²) in [6, 6.07) is 10.7. The Kier molecular flexibility index (Phi) is 6.17. The van der Waals surface area contributed by atoms with E-state index in [1.165, 1.54) is 17.7 Å². The first-order valence-electron chi connectivity index (χ1n) is 7.87. The summed E-state index contributed by atoms with van der Waals surface area (Å²) in [4.78, 5) is 0. The van der Waals surface area contributed by atoms with Gasteiger partial charge in [-0.3, -0.25) is 0 Å². The van der Waals surface area contributed by atoms with Crippen LogP contribution in [0.25, 0.3) is 0 Å². The van der Waals surface area contributed by atoms with E-state index in [0.717, 1.165) is 24.8 Å². The van der Waals surface area contributed by atoms with Gasteiger partial charge in [0.15, 0.2) is 11.6 Å². The first kappa shape index (κ1) is 17.0. The maximum Gasteiger partial charge on any atom is 0.201 e. The molecular formula is C20H20F2O. The van der Waals surface area contributed by atoms with Crippen molar-refractivity contribution in [1.82, 2.24) is 0 Å². The van der Waals surface area contributed by atoms with Crippen LogP contribution in [0.3, 0.4) is 0 Å². The Morgan fingerprint density at radius 3 is 2.30 bits per heavy atom. The highest BCUT2D eigenvalue weighted by Gasteiger charge is 2.12. The predicted octanol–water partition coefficient (Wildman–Crippen LogP) is 5.11. The Balaban J connectivity index is 2.17. The van der Waals surface area contributed by atoms with E-state index in [0.29, 0.717) is 0 Å². The highest BCUT2D eigenvalue weighted by molar-refractivity contribution is 5.46. The van der Waals surface area contributed by atoms with Crippen LogP contribution in [-0.4, -0.2) is 6.61 Å². The second kappa shape index (κ2) is 8.33. The summed E-state index contributed by atoms with van der Waals surface area (Å²) in [5, 5.41) is 0. The number of hydrogen-bond donors (Lipinski definition) is 0. The summed E-state index contributed by atoms with van der Waals surface area (Å²) in [5.74, 6) is 3.50. The van der Waals surface area contributed by atoms with Gasteiger partial charge in [-0.25, -0.2) is 4.39 Å². The maximum atomic E-state index is 13.9. The molecule has 2 rings (SSSR count). The smallest absolute Gasteiger partial charge is 0.201 e. The Morgan fingerprint density at radius 2 is 1.65 bits per heavy atom. The van der Waals surface area contributed by atoms with E-state index in [9.17, 15) is 8.78 Å². The summed E-state index contributed by atoms with van der Waals surface area (Å²) >= 11 is 0. The van der Waals surface area contributed by atoms with Crippen molar-refractivity contribution in [3.63, 3.8) is 0 Å². The minimum atomic E-state index is -0.992. The van der Waals surface area contributed by atoms with Gasteiger partial charge < -0.3 is 4.74 Å². The highest BCUT2D eigenvalue weighted by Crippen LogP contribution is 2.22. The van der Waals surface area contributed by atoms with Crippen LogP contribution in [0.2, 0.25) is 0 Å². The van der Waals surface area contributed by atoms with Crippen molar-refractivity contribution in [2.24, 2.45) is 0 Å². The van der Waals surface area contributed by atoms with E-state index < -0.39 is 11.6 Å². The monoisotopic (exact) mass is 314 g/mol. The van der Waals surface area contributed by atoms with Gasteiger partial charge in [-0.1, -0.05) is 37.3 Å². The van der Waals surface area contributed by atoms with Gasteiger partial charge in [0, 0.05) is 5.56 Å². The van der Waals surface area contributed by atoms with Crippen LogP contribution < -0.4 is 4.74 Å². The Morgan fingerprint density at radius 1 is 0.913 bits per heavy atom. The van der Waals surface area contributed by atoms with Crippen molar-refractivity contribution in [3.8, 4) is 17.6 Å². The summed E-state index contributed by atoms with van der Waals surface area (Å²) in [7, 11) is 0. The summed E-state index contributed by atoms with van der Waals surface area (Å²) in [5.41, 5.74) is 2.07. The van der Waals surface area contributed by atoms with Crippen molar-refractivity contribution >= 4 is 0 Å². The largest absolute Gasteiger partial charge is 0.491 e. The number of aryl methyl sites for hydroxylation is 1. The third-order valence-electron chi connectivity index (χ3n) is 3.46. The van der Waals surface area contributed by atoms with Crippen LogP contribution in [0.5, 0.6) is 5.75 Å². The van der Waals surface area contributed by atoms with Crippen molar-refractivity contribution in [2.75, 3.05) is 6.61 Å². The topological polar surface area (TPSA) is 9.23 Å². The fourth-order valence-corrected chi connectivity index (χ4v) is 2.17. The average molecular weight is 314 g/mol. The number of hydrogen-bond acceptors (Lipinski definition) is 1. The lowest BCUT2D eigenvalue weighted by atomic mass is 10.1. The van der Waals surface area contributed by atoms with E-state index in [-0.39, 0.29) is 17.9 Å². The molecule has 0 bridgehead atoms. The van der Waals surface area contributed by atoms with Crippen LogP contribution in [-0.2, 0) is 6.42 Å². The zero-order valence-corrected chi connectivity index (χ0v) is 13.5. The van der Waals surface area contributed by atoms with E-state index >= 15 is 0 Å². The maximum absolute atomic E-state index is 13.9. The minimum absolute atomic E-state index is 0.0287. The van der Waals surface area contributed by atoms with Crippen molar-refractivity contribution in [2.45, 2.75) is 33.1 Å². The summed E-state index contributed by atoms with van der Waals surface area (Å²) < 4.78 is 32.7. The van der Waals surface area contributed by atoms with Crippen LogP contribution >= 0.6 is 0 Å². The lowest BCUT2D eigenvalue weighted by Crippen LogP contribution is -1.98. The molecule has 0 heterocycles. The fourth-order valence-electron chi connectivity index (χ4n) is 2.17. The van der Waals surface area contributed by atoms with Gasteiger partial charge in [0.05, 0.1) is 12.2 Å². The molecule has 0 aliphatic rings. The second-order valence-electron chi connectivity index (χ2n) is 5.22. The molecule has 0 spiro atoms. The fraction of sp³-hybridized carbons (Fsp3) is 0.300. The quantitative estimate of drug-likeness (QED) is 0.697. The number of ether oxygens (including phenoxy) is 1. The Hall–Kier alpha value is -2.34.